The Kier molecular flexibility index (Phi) is 6.29. The second-order valence-corrected chi connectivity index (χ2v) is 5.12. The molecule has 0 N–H and O–H groups in total. The molecule has 0 aromatic rings. The second kappa shape index (κ2) is 7.23. The molecule has 2 aliphatic rings. The maximum atomic E-state index is 9.50. The lowest BCUT2D eigenvalue weighted by Crippen LogP contribution is -2.46. The molecule has 0 aromatic heterocycles. The SMILES string of the molecule is CF.COCC1(CN2CCCCC2)CCC1. The number of nitrogens with zero attached hydrogens (tertiary/aromatic N) is 1. The molecule has 2 fully saturated rings. The highest BCUT2D eigenvalue weighted by molar-refractivity contribution is 4.90. The van der Waals surface area contributed by atoms with E-state index in [1.807, 2.05) is 7.11 Å². The Morgan fingerprint density at radius 2 is 1.69 bits per heavy atom. The van der Waals surface area contributed by atoms with E-state index in [9.17, 15) is 4.39 Å². The largest absolute Gasteiger partial charge is 0.384 e. The average molecular weight is 231 g/mol. The van der Waals surface area contributed by atoms with Crippen LogP contribution in [0.3, 0.4) is 0 Å². The van der Waals surface area contributed by atoms with Gasteiger partial charge in [0.2, 0.25) is 0 Å². The smallest absolute Gasteiger partial charge is 0.0785 e. The molecule has 1 aliphatic carbocycles. The minimum atomic E-state index is 0.500. The summed E-state index contributed by atoms with van der Waals surface area (Å²) >= 11 is 0. The van der Waals surface area contributed by atoms with E-state index in [1.165, 1.54) is 58.2 Å². The quantitative estimate of drug-likeness (QED) is 0.737. The zero-order chi connectivity index (χ0) is 11.9. The number of hydrogen-bond donors (Lipinski definition) is 0. The highest BCUT2D eigenvalue weighted by atomic mass is 19.1. The van der Waals surface area contributed by atoms with Gasteiger partial charge in [0.1, 0.15) is 0 Å². The Morgan fingerprint density at radius 3 is 2.12 bits per heavy atom. The van der Waals surface area contributed by atoms with Gasteiger partial charge in [0.25, 0.3) is 0 Å². The molecule has 3 heteroatoms. The third-order valence-electron chi connectivity index (χ3n) is 3.87. The number of piperidine rings is 1. The van der Waals surface area contributed by atoms with Crippen LogP contribution in [0.1, 0.15) is 38.5 Å². The highest BCUT2D eigenvalue weighted by Gasteiger charge is 2.38. The Balaban J connectivity index is 0.000000606. The van der Waals surface area contributed by atoms with Gasteiger partial charge in [-0.25, -0.2) is 0 Å². The van der Waals surface area contributed by atoms with Gasteiger partial charge in [-0.3, -0.25) is 4.39 Å². The van der Waals surface area contributed by atoms with Crippen molar-refractivity contribution in [2.24, 2.45) is 5.41 Å². The first kappa shape index (κ1) is 13.9. The Labute approximate surface area is 99.2 Å². The van der Waals surface area contributed by atoms with Crippen LogP contribution in [-0.2, 0) is 4.74 Å². The standard InChI is InChI=1S/C12H23NO.CH3F/c1-14-11-12(6-5-7-12)10-13-8-3-2-4-9-13;1-2/h2-11H2,1H3;1H3. The van der Waals surface area contributed by atoms with Crippen LogP contribution in [0, 0.1) is 5.41 Å². The van der Waals surface area contributed by atoms with Crippen LogP contribution in [0.25, 0.3) is 0 Å². The summed E-state index contributed by atoms with van der Waals surface area (Å²) in [6, 6.07) is 0. The maximum Gasteiger partial charge on any atom is 0.0785 e. The fraction of sp³-hybridized carbons (Fsp3) is 1.00. The molecule has 0 aromatic carbocycles. The molecule has 1 saturated carbocycles. The van der Waals surface area contributed by atoms with Gasteiger partial charge in [-0.15, -0.1) is 0 Å². The highest BCUT2D eigenvalue weighted by Crippen LogP contribution is 2.42. The fourth-order valence-electron chi connectivity index (χ4n) is 2.92. The van der Waals surface area contributed by atoms with Gasteiger partial charge >= 0.3 is 0 Å². The predicted molar refractivity (Wildman–Crippen MR) is 65.5 cm³/mol. The van der Waals surface area contributed by atoms with E-state index < -0.39 is 0 Å². The zero-order valence-corrected chi connectivity index (χ0v) is 10.8. The van der Waals surface area contributed by atoms with E-state index >= 15 is 0 Å². The summed E-state index contributed by atoms with van der Waals surface area (Å²) in [5, 5.41) is 0. The number of rotatable bonds is 4. The Bertz CT molecular complexity index is 177. The van der Waals surface area contributed by atoms with E-state index in [0.717, 1.165) is 6.61 Å². The molecule has 16 heavy (non-hydrogen) atoms. The number of alkyl halides is 1. The molecule has 0 radical (unpaired) electrons. The van der Waals surface area contributed by atoms with Gasteiger partial charge in [-0.2, -0.15) is 0 Å². The molecular formula is C13H26FNO. The molecular weight excluding hydrogens is 205 g/mol. The van der Waals surface area contributed by atoms with Crippen LogP contribution >= 0.6 is 0 Å². The van der Waals surface area contributed by atoms with Crippen molar-refractivity contribution in [3.63, 3.8) is 0 Å². The molecule has 0 amide bonds. The van der Waals surface area contributed by atoms with Crippen LogP contribution in [-0.4, -0.2) is 45.4 Å². The first-order valence-corrected chi connectivity index (χ1v) is 6.44. The lowest BCUT2D eigenvalue weighted by molar-refractivity contribution is -0.0152. The predicted octanol–water partition coefficient (Wildman–Crippen LogP) is 2.87. The normalized spacial score (nSPS) is 24.2. The van der Waals surface area contributed by atoms with Gasteiger partial charge in [-0.05, 0) is 38.8 Å². The first-order valence-electron chi connectivity index (χ1n) is 6.44. The molecule has 2 nitrogen and oxygen atoms in total. The van der Waals surface area contributed by atoms with Gasteiger partial charge in [-0.1, -0.05) is 12.8 Å². The Morgan fingerprint density at radius 1 is 1.06 bits per heavy atom. The third kappa shape index (κ3) is 3.70. The Hall–Kier alpha value is -0.150. The van der Waals surface area contributed by atoms with Crippen molar-refractivity contribution in [3.8, 4) is 0 Å². The lowest BCUT2D eigenvalue weighted by Gasteiger charge is -2.45. The van der Waals surface area contributed by atoms with E-state index in [4.69, 9.17) is 4.74 Å². The van der Waals surface area contributed by atoms with Crippen molar-refractivity contribution in [2.45, 2.75) is 38.5 Å². The van der Waals surface area contributed by atoms with Crippen molar-refractivity contribution in [1.82, 2.24) is 4.90 Å². The molecule has 1 aliphatic heterocycles. The summed E-state index contributed by atoms with van der Waals surface area (Å²) in [6.45, 7) is 4.92. The molecule has 0 spiro atoms. The minimum absolute atomic E-state index is 0.500. The van der Waals surface area contributed by atoms with Crippen LogP contribution in [0.4, 0.5) is 4.39 Å². The summed E-state index contributed by atoms with van der Waals surface area (Å²) in [5.41, 5.74) is 0.534. The van der Waals surface area contributed by atoms with E-state index in [-0.39, 0.29) is 0 Å². The summed E-state index contributed by atoms with van der Waals surface area (Å²) in [7, 11) is 2.34. The van der Waals surface area contributed by atoms with Crippen molar-refractivity contribution in [2.75, 3.05) is 40.5 Å². The maximum absolute atomic E-state index is 9.50. The summed E-state index contributed by atoms with van der Waals surface area (Å²) in [6.07, 6.45) is 8.44. The van der Waals surface area contributed by atoms with Crippen LogP contribution < -0.4 is 0 Å². The molecule has 0 atom stereocenters. The van der Waals surface area contributed by atoms with Crippen LogP contribution in [0.2, 0.25) is 0 Å². The first-order chi connectivity index (χ1) is 7.85. The minimum Gasteiger partial charge on any atom is -0.384 e. The number of likely N-dealkylation sites (tertiary alicyclic amines) is 1. The van der Waals surface area contributed by atoms with Crippen LogP contribution in [0.5, 0.6) is 0 Å². The number of ether oxygens (including phenoxy) is 1. The molecule has 1 heterocycles. The zero-order valence-electron chi connectivity index (χ0n) is 10.8. The molecule has 0 bridgehead atoms. The third-order valence-corrected chi connectivity index (χ3v) is 3.87. The lowest BCUT2D eigenvalue weighted by atomic mass is 9.69. The average Bonchev–Trinajstić information content (AvgIpc) is 2.30. The number of halogens is 1. The molecule has 96 valence electrons. The van der Waals surface area contributed by atoms with Gasteiger partial charge < -0.3 is 9.64 Å². The summed E-state index contributed by atoms with van der Waals surface area (Å²) in [5.74, 6) is 0. The number of hydrogen-bond acceptors (Lipinski definition) is 2. The van der Waals surface area contributed by atoms with E-state index in [0.29, 0.717) is 12.6 Å². The number of methoxy groups -OCH3 is 1. The van der Waals surface area contributed by atoms with Crippen molar-refractivity contribution >= 4 is 0 Å². The van der Waals surface area contributed by atoms with E-state index in [2.05, 4.69) is 4.90 Å². The molecule has 1 saturated heterocycles. The molecule has 0 unspecified atom stereocenters. The molecule has 2 rings (SSSR count). The second-order valence-electron chi connectivity index (χ2n) is 5.12. The monoisotopic (exact) mass is 231 g/mol. The summed E-state index contributed by atoms with van der Waals surface area (Å²) < 4.78 is 14.9. The van der Waals surface area contributed by atoms with Crippen molar-refractivity contribution in [1.29, 1.82) is 0 Å². The van der Waals surface area contributed by atoms with Gasteiger partial charge in [0, 0.05) is 19.1 Å². The van der Waals surface area contributed by atoms with E-state index in [1.54, 1.807) is 0 Å². The topological polar surface area (TPSA) is 12.5 Å². The van der Waals surface area contributed by atoms with Gasteiger partial charge in [0.15, 0.2) is 0 Å². The van der Waals surface area contributed by atoms with Gasteiger partial charge in [0.05, 0.1) is 13.8 Å². The van der Waals surface area contributed by atoms with Crippen molar-refractivity contribution < 1.29 is 9.13 Å². The summed E-state index contributed by atoms with van der Waals surface area (Å²) in [4.78, 5) is 2.65. The van der Waals surface area contributed by atoms with Crippen molar-refractivity contribution in [3.05, 3.63) is 0 Å². The fourth-order valence-corrected chi connectivity index (χ4v) is 2.92. The van der Waals surface area contributed by atoms with Crippen LogP contribution in [0.15, 0.2) is 0 Å².